The molecule has 90 valence electrons. The summed E-state index contributed by atoms with van der Waals surface area (Å²) in [7, 11) is 1.83. The lowest BCUT2D eigenvalue weighted by Gasteiger charge is -2.31. The first-order chi connectivity index (χ1) is 7.36. The zero-order chi connectivity index (χ0) is 10.9. The Labute approximate surface area is 99.8 Å². The minimum absolute atomic E-state index is 0.483. The van der Waals surface area contributed by atoms with Gasteiger partial charge in [0.15, 0.2) is 0 Å². The molecule has 0 aromatic rings. The van der Waals surface area contributed by atoms with E-state index in [2.05, 4.69) is 17.5 Å². The normalized spacial score (nSPS) is 23.2. The molecule has 0 radical (unpaired) electrons. The summed E-state index contributed by atoms with van der Waals surface area (Å²) in [6.07, 6.45) is 8.33. The highest BCUT2D eigenvalue weighted by Gasteiger charge is 2.18. The van der Waals surface area contributed by atoms with Crippen molar-refractivity contribution < 1.29 is 4.74 Å². The number of rotatable bonds is 7. The molecule has 1 unspecified atom stereocenters. The van der Waals surface area contributed by atoms with Crippen molar-refractivity contribution in [3.8, 4) is 0 Å². The van der Waals surface area contributed by atoms with E-state index in [9.17, 15) is 0 Å². The van der Waals surface area contributed by atoms with Gasteiger partial charge in [-0.3, -0.25) is 0 Å². The number of methoxy groups -OCH3 is 1. The highest BCUT2D eigenvalue weighted by atomic mass is 32.1. The number of thiol groups is 1. The zero-order valence-electron chi connectivity index (χ0n) is 9.95. The van der Waals surface area contributed by atoms with E-state index in [0.29, 0.717) is 6.10 Å². The molecule has 3 heteroatoms. The third-order valence-electron chi connectivity index (χ3n) is 3.18. The lowest BCUT2D eigenvalue weighted by molar-refractivity contribution is 0.0309. The van der Waals surface area contributed by atoms with E-state index >= 15 is 0 Å². The number of nitrogens with zero attached hydrogens (tertiary/aromatic N) is 1. The van der Waals surface area contributed by atoms with E-state index < -0.39 is 0 Å². The van der Waals surface area contributed by atoms with Gasteiger partial charge in [-0.25, -0.2) is 0 Å². The first kappa shape index (κ1) is 13.3. The molecule has 1 fully saturated rings. The van der Waals surface area contributed by atoms with E-state index in [1.807, 2.05) is 7.11 Å². The van der Waals surface area contributed by atoms with Crippen LogP contribution in [0.3, 0.4) is 0 Å². The van der Waals surface area contributed by atoms with Crippen molar-refractivity contribution in [2.75, 3.05) is 32.5 Å². The van der Waals surface area contributed by atoms with E-state index in [1.165, 1.54) is 51.6 Å². The summed E-state index contributed by atoms with van der Waals surface area (Å²) < 4.78 is 5.41. The van der Waals surface area contributed by atoms with Crippen molar-refractivity contribution in [2.45, 2.75) is 44.6 Å². The number of likely N-dealkylation sites (tertiary alicyclic amines) is 1. The molecule has 1 saturated heterocycles. The number of hydrogen-bond donors (Lipinski definition) is 1. The number of hydrogen-bond acceptors (Lipinski definition) is 3. The number of unbranched alkanes of at least 4 members (excludes halogenated alkanes) is 3. The molecule has 0 spiro atoms. The monoisotopic (exact) mass is 231 g/mol. The van der Waals surface area contributed by atoms with E-state index in [-0.39, 0.29) is 0 Å². The third kappa shape index (κ3) is 5.79. The second-order valence-electron chi connectivity index (χ2n) is 4.44. The highest BCUT2D eigenvalue weighted by molar-refractivity contribution is 7.80. The average Bonchev–Trinajstić information content (AvgIpc) is 2.29. The summed E-state index contributed by atoms with van der Waals surface area (Å²) in [5.41, 5.74) is 0. The average molecular weight is 231 g/mol. The SMILES string of the molecule is COC1CCCN(CCCCCCS)C1. The molecule has 1 rings (SSSR count). The standard InChI is InChI=1S/C12H25NOS/c1-14-12-7-6-9-13(11-12)8-4-2-3-5-10-15/h12,15H,2-11H2,1H3. The van der Waals surface area contributed by atoms with Gasteiger partial charge in [-0.1, -0.05) is 12.8 Å². The van der Waals surface area contributed by atoms with Crippen LogP contribution in [0.1, 0.15) is 38.5 Å². The first-order valence-corrected chi connectivity index (χ1v) is 6.86. The molecule has 15 heavy (non-hydrogen) atoms. The predicted octanol–water partition coefficient (Wildman–Crippen LogP) is 2.59. The van der Waals surface area contributed by atoms with Crippen molar-refractivity contribution in [3.63, 3.8) is 0 Å². The lowest BCUT2D eigenvalue weighted by Crippen LogP contribution is -2.39. The molecular formula is C12H25NOS. The Bertz CT molecular complexity index is 155. The summed E-state index contributed by atoms with van der Waals surface area (Å²) in [5.74, 6) is 1.04. The van der Waals surface area contributed by atoms with Gasteiger partial charge < -0.3 is 9.64 Å². The van der Waals surface area contributed by atoms with Crippen LogP contribution in [0.4, 0.5) is 0 Å². The van der Waals surface area contributed by atoms with Gasteiger partial charge in [0.2, 0.25) is 0 Å². The van der Waals surface area contributed by atoms with E-state index in [4.69, 9.17) is 4.74 Å². The molecule has 0 aromatic heterocycles. The van der Waals surface area contributed by atoms with Crippen molar-refractivity contribution in [2.24, 2.45) is 0 Å². The molecule has 0 N–H and O–H groups in total. The van der Waals surface area contributed by atoms with Gasteiger partial charge in [0.05, 0.1) is 6.10 Å². The Hall–Kier alpha value is 0.270. The molecule has 0 saturated carbocycles. The van der Waals surface area contributed by atoms with E-state index in [0.717, 1.165) is 12.3 Å². The molecule has 1 atom stereocenters. The molecule has 0 amide bonds. The van der Waals surface area contributed by atoms with Crippen LogP contribution < -0.4 is 0 Å². The Morgan fingerprint density at radius 1 is 1.27 bits per heavy atom. The minimum Gasteiger partial charge on any atom is -0.380 e. The number of piperidine rings is 1. The van der Waals surface area contributed by atoms with Crippen LogP contribution in [-0.4, -0.2) is 43.5 Å². The third-order valence-corrected chi connectivity index (χ3v) is 3.49. The fraction of sp³-hybridized carbons (Fsp3) is 1.00. The summed E-state index contributed by atoms with van der Waals surface area (Å²) in [6, 6.07) is 0. The fourth-order valence-corrected chi connectivity index (χ4v) is 2.43. The Morgan fingerprint density at radius 3 is 2.80 bits per heavy atom. The van der Waals surface area contributed by atoms with E-state index in [1.54, 1.807) is 0 Å². The van der Waals surface area contributed by atoms with Gasteiger partial charge in [0.25, 0.3) is 0 Å². The summed E-state index contributed by atoms with van der Waals surface area (Å²) in [5, 5.41) is 0. The van der Waals surface area contributed by atoms with Gasteiger partial charge in [-0.2, -0.15) is 12.6 Å². The van der Waals surface area contributed by atoms with Crippen molar-refractivity contribution in [1.29, 1.82) is 0 Å². The maximum absolute atomic E-state index is 5.41. The van der Waals surface area contributed by atoms with Crippen LogP contribution in [0.5, 0.6) is 0 Å². The molecular weight excluding hydrogens is 206 g/mol. The second kappa shape index (κ2) is 8.43. The Kier molecular flexibility index (Phi) is 7.49. The Morgan fingerprint density at radius 2 is 2.07 bits per heavy atom. The van der Waals surface area contributed by atoms with Crippen molar-refractivity contribution >= 4 is 12.6 Å². The maximum Gasteiger partial charge on any atom is 0.0698 e. The van der Waals surface area contributed by atoms with Gasteiger partial charge in [-0.05, 0) is 44.5 Å². The molecule has 0 bridgehead atoms. The van der Waals surface area contributed by atoms with Crippen LogP contribution in [0.25, 0.3) is 0 Å². The van der Waals surface area contributed by atoms with Gasteiger partial charge in [-0.15, -0.1) is 0 Å². The van der Waals surface area contributed by atoms with Gasteiger partial charge in [0.1, 0.15) is 0 Å². The van der Waals surface area contributed by atoms with Crippen LogP contribution in [-0.2, 0) is 4.74 Å². The molecule has 1 aliphatic heterocycles. The van der Waals surface area contributed by atoms with Gasteiger partial charge >= 0.3 is 0 Å². The van der Waals surface area contributed by atoms with Crippen molar-refractivity contribution in [1.82, 2.24) is 4.90 Å². The predicted molar refractivity (Wildman–Crippen MR) is 68.8 cm³/mol. The van der Waals surface area contributed by atoms with Crippen LogP contribution in [0, 0.1) is 0 Å². The molecule has 1 heterocycles. The quantitative estimate of drug-likeness (QED) is 0.534. The molecule has 2 nitrogen and oxygen atoms in total. The topological polar surface area (TPSA) is 12.5 Å². The van der Waals surface area contributed by atoms with Gasteiger partial charge in [0, 0.05) is 13.7 Å². The smallest absolute Gasteiger partial charge is 0.0698 e. The summed E-state index contributed by atoms with van der Waals surface area (Å²) >= 11 is 4.22. The second-order valence-corrected chi connectivity index (χ2v) is 4.89. The number of ether oxygens (including phenoxy) is 1. The largest absolute Gasteiger partial charge is 0.380 e. The van der Waals surface area contributed by atoms with Crippen molar-refractivity contribution in [3.05, 3.63) is 0 Å². The molecule has 0 aromatic carbocycles. The maximum atomic E-state index is 5.41. The minimum atomic E-state index is 0.483. The van der Waals surface area contributed by atoms with Crippen LogP contribution >= 0.6 is 12.6 Å². The van der Waals surface area contributed by atoms with Crippen LogP contribution in [0.2, 0.25) is 0 Å². The highest BCUT2D eigenvalue weighted by Crippen LogP contribution is 2.13. The molecule has 1 aliphatic rings. The summed E-state index contributed by atoms with van der Waals surface area (Å²) in [6.45, 7) is 3.67. The fourth-order valence-electron chi connectivity index (χ4n) is 2.21. The summed E-state index contributed by atoms with van der Waals surface area (Å²) in [4.78, 5) is 2.55. The zero-order valence-corrected chi connectivity index (χ0v) is 10.8. The first-order valence-electron chi connectivity index (χ1n) is 6.23. The Balaban J connectivity index is 2.00. The lowest BCUT2D eigenvalue weighted by atomic mass is 10.1. The molecule has 0 aliphatic carbocycles. The van der Waals surface area contributed by atoms with Crippen LogP contribution in [0.15, 0.2) is 0 Å².